The van der Waals surface area contributed by atoms with E-state index in [-0.39, 0.29) is 23.7 Å². The number of hydrogen-bond acceptors (Lipinski definition) is 2. The highest BCUT2D eigenvalue weighted by Gasteiger charge is 2.49. The Hall–Kier alpha value is -1.64. The van der Waals surface area contributed by atoms with Gasteiger partial charge in [0.05, 0.1) is 17.5 Å². The van der Waals surface area contributed by atoms with Gasteiger partial charge in [-0.15, -0.1) is 0 Å². The van der Waals surface area contributed by atoms with Crippen LogP contribution in [0.2, 0.25) is 0 Å². The van der Waals surface area contributed by atoms with Crippen LogP contribution >= 0.6 is 0 Å². The van der Waals surface area contributed by atoms with Crippen molar-refractivity contribution in [3.05, 3.63) is 29.3 Å². The van der Waals surface area contributed by atoms with E-state index in [4.69, 9.17) is 0 Å². The summed E-state index contributed by atoms with van der Waals surface area (Å²) in [6.45, 7) is 6.22. The van der Waals surface area contributed by atoms with Crippen molar-refractivity contribution in [1.29, 1.82) is 0 Å². The van der Waals surface area contributed by atoms with Gasteiger partial charge in [-0.1, -0.05) is 13.0 Å². The maximum absolute atomic E-state index is 12.6. The Morgan fingerprint density at radius 2 is 1.70 bits per heavy atom. The Bertz CT molecular complexity index is 578. The lowest BCUT2D eigenvalue weighted by Crippen LogP contribution is -2.30. The highest BCUT2D eigenvalue weighted by atomic mass is 16.2. The van der Waals surface area contributed by atoms with Crippen LogP contribution in [-0.4, -0.2) is 11.8 Å². The van der Waals surface area contributed by atoms with E-state index in [0.29, 0.717) is 5.92 Å². The SMILES string of the molecule is Cc1ccc(N2C(=O)[C@H]3CC[C@@H](C)C[C@H]3C2=O)cc1C. The monoisotopic (exact) mass is 271 g/mol. The number of benzene rings is 1. The van der Waals surface area contributed by atoms with Gasteiger partial charge in [-0.2, -0.15) is 0 Å². The van der Waals surface area contributed by atoms with Crippen LogP contribution in [0.1, 0.15) is 37.3 Å². The number of rotatable bonds is 1. The van der Waals surface area contributed by atoms with Crippen LogP contribution in [0.3, 0.4) is 0 Å². The minimum Gasteiger partial charge on any atom is -0.274 e. The van der Waals surface area contributed by atoms with Crippen molar-refractivity contribution in [2.45, 2.75) is 40.0 Å². The Morgan fingerprint density at radius 1 is 1.00 bits per heavy atom. The van der Waals surface area contributed by atoms with Crippen molar-refractivity contribution in [2.24, 2.45) is 17.8 Å². The molecule has 1 aliphatic heterocycles. The lowest BCUT2D eigenvalue weighted by molar-refractivity contribution is -0.122. The molecule has 2 amide bonds. The summed E-state index contributed by atoms with van der Waals surface area (Å²) in [5.41, 5.74) is 3.04. The molecule has 0 aromatic heterocycles. The van der Waals surface area contributed by atoms with Gasteiger partial charge in [-0.3, -0.25) is 14.5 Å². The van der Waals surface area contributed by atoms with E-state index < -0.39 is 0 Å². The fourth-order valence-electron chi connectivity index (χ4n) is 3.51. The van der Waals surface area contributed by atoms with Crippen LogP contribution < -0.4 is 4.90 Å². The number of fused-ring (bicyclic) bond motifs is 1. The predicted octanol–water partition coefficient (Wildman–Crippen LogP) is 3.23. The molecule has 3 atom stereocenters. The third-order valence-electron chi connectivity index (χ3n) is 4.94. The molecule has 3 nitrogen and oxygen atoms in total. The molecule has 0 N–H and O–H groups in total. The molecular weight excluding hydrogens is 250 g/mol. The first-order chi connectivity index (χ1) is 9.49. The Kier molecular flexibility index (Phi) is 3.15. The molecule has 0 spiro atoms. The highest BCUT2D eigenvalue weighted by Crippen LogP contribution is 2.42. The van der Waals surface area contributed by atoms with Gasteiger partial charge in [0.15, 0.2) is 0 Å². The molecule has 1 saturated heterocycles. The summed E-state index contributed by atoms with van der Waals surface area (Å²) in [5, 5.41) is 0. The normalized spacial score (nSPS) is 29.8. The summed E-state index contributed by atoms with van der Waals surface area (Å²) < 4.78 is 0. The fourth-order valence-corrected chi connectivity index (χ4v) is 3.51. The van der Waals surface area contributed by atoms with Gasteiger partial charge in [0.1, 0.15) is 0 Å². The van der Waals surface area contributed by atoms with Crippen molar-refractivity contribution < 1.29 is 9.59 Å². The van der Waals surface area contributed by atoms with Gasteiger partial charge >= 0.3 is 0 Å². The largest absolute Gasteiger partial charge is 0.274 e. The van der Waals surface area contributed by atoms with Gasteiger partial charge in [-0.25, -0.2) is 0 Å². The number of carbonyl (C=O) groups is 2. The second-order valence-corrected chi connectivity index (χ2v) is 6.41. The lowest BCUT2D eigenvalue weighted by atomic mass is 9.76. The second-order valence-electron chi connectivity index (χ2n) is 6.41. The van der Waals surface area contributed by atoms with E-state index in [0.717, 1.165) is 30.5 Å². The van der Waals surface area contributed by atoms with E-state index in [1.807, 2.05) is 32.0 Å². The van der Waals surface area contributed by atoms with Crippen LogP contribution in [0.15, 0.2) is 18.2 Å². The third kappa shape index (κ3) is 1.96. The first kappa shape index (κ1) is 13.3. The standard InChI is InChI=1S/C17H21NO2/c1-10-4-7-14-15(8-10)17(20)18(16(14)19)13-6-5-11(2)12(3)9-13/h5-6,9-10,14-15H,4,7-8H2,1-3H3/t10-,14+,15-/m1/s1. The quantitative estimate of drug-likeness (QED) is 0.735. The van der Waals surface area contributed by atoms with E-state index >= 15 is 0 Å². The summed E-state index contributed by atoms with van der Waals surface area (Å²) >= 11 is 0. The zero-order valence-corrected chi connectivity index (χ0v) is 12.3. The number of hydrogen-bond donors (Lipinski definition) is 0. The van der Waals surface area contributed by atoms with Crippen molar-refractivity contribution >= 4 is 17.5 Å². The van der Waals surface area contributed by atoms with E-state index in [2.05, 4.69) is 6.92 Å². The molecule has 1 aromatic rings. The number of amides is 2. The summed E-state index contributed by atoms with van der Waals surface area (Å²) in [7, 11) is 0. The molecule has 20 heavy (non-hydrogen) atoms. The molecule has 1 aliphatic carbocycles. The van der Waals surface area contributed by atoms with Gasteiger partial charge in [0.2, 0.25) is 11.8 Å². The van der Waals surface area contributed by atoms with Crippen LogP contribution in [0.5, 0.6) is 0 Å². The van der Waals surface area contributed by atoms with Crippen molar-refractivity contribution in [2.75, 3.05) is 4.90 Å². The molecule has 2 fully saturated rings. The molecule has 1 saturated carbocycles. The molecule has 0 bridgehead atoms. The lowest BCUT2D eigenvalue weighted by Gasteiger charge is -2.25. The van der Waals surface area contributed by atoms with Crippen molar-refractivity contribution in [3.63, 3.8) is 0 Å². The van der Waals surface area contributed by atoms with E-state index in [1.54, 1.807) is 0 Å². The minimum absolute atomic E-state index is 0.00908. The maximum Gasteiger partial charge on any atom is 0.237 e. The van der Waals surface area contributed by atoms with Gasteiger partial charge < -0.3 is 0 Å². The Balaban J connectivity index is 1.96. The van der Waals surface area contributed by atoms with Crippen LogP contribution in [0.25, 0.3) is 0 Å². The second kappa shape index (κ2) is 4.72. The van der Waals surface area contributed by atoms with Gasteiger partial charge in [0.25, 0.3) is 0 Å². The number of aryl methyl sites for hydroxylation is 2. The van der Waals surface area contributed by atoms with Crippen LogP contribution in [-0.2, 0) is 9.59 Å². The first-order valence-electron chi connectivity index (χ1n) is 7.44. The van der Waals surface area contributed by atoms with Crippen molar-refractivity contribution in [3.8, 4) is 0 Å². The molecule has 1 heterocycles. The zero-order chi connectivity index (χ0) is 14.4. The zero-order valence-electron chi connectivity index (χ0n) is 12.3. The first-order valence-corrected chi connectivity index (χ1v) is 7.44. The van der Waals surface area contributed by atoms with Gasteiger partial charge in [0, 0.05) is 0 Å². The van der Waals surface area contributed by atoms with Crippen molar-refractivity contribution in [1.82, 2.24) is 0 Å². The minimum atomic E-state index is -0.0899. The maximum atomic E-state index is 12.6. The number of nitrogens with zero attached hydrogens (tertiary/aromatic N) is 1. The number of anilines is 1. The molecule has 3 heteroatoms. The summed E-state index contributed by atoms with van der Waals surface area (Å²) in [6, 6.07) is 5.82. The summed E-state index contributed by atoms with van der Waals surface area (Å²) in [4.78, 5) is 26.6. The summed E-state index contributed by atoms with van der Waals surface area (Å²) in [6.07, 6.45) is 2.77. The average molecular weight is 271 g/mol. The molecule has 1 aromatic carbocycles. The molecule has 0 unspecified atom stereocenters. The average Bonchev–Trinajstić information content (AvgIpc) is 2.65. The smallest absolute Gasteiger partial charge is 0.237 e. The van der Waals surface area contributed by atoms with E-state index in [1.165, 1.54) is 10.5 Å². The molecule has 3 rings (SSSR count). The van der Waals surface area contributed by atoms with Crippen LogP contribution in [0, 0.1) is 31.6 Å². The molecule has 106 valence electrons. The predicted molar refractivity (Wildman–Crippen MR) is 78.4 cm³/mol. The Labute approximate surface area is 120 Å². The Morgan fingerprint density at radius 3 is 2.40 bits per heavy atom. The van der Waals surface area contributed by atoms with Crippen LogP contribution in [0.4, 0.5) is 5.69 Å². The number of imide groups is 1. The van der Waals surface area contributed by atoms with Gasteiger partial charge in [-0.05, 0) is 62.3 Å². The molecular formula is C17H21NO2. The van der Waals surface area contributed by atoms with E-state index in [9.17, 15) is 9.59 Å². The molecule has 0 radical (unpaired) electrons. The topological polar surface area (TPSA) is 37.4 Å². The highest BCUT2D eigenvalue weighted by molar-refractivity contribution is 6.22. The summed E-state index contributed by atoms with van der Waals surface area (Å²) in [5.74, 6) is 0.394. The number of carbonyl (C=O) groups excluding carboxylic acids is 2. The fraction of sp³-hybridized carbons (Fsp3) is 0.529. The molecule has 2 aliphatic rings. The third-order valence-corrected chi connectivity index (χ3v) is 4.94.